The number of carbonyl (C=O) groups excluding carboxylic acids is 2. The maximum absolute atomic E-state index is 12.9. The van der Waals surface area contributed by atoms with E-state index in [1.54, 1.807) is 10.9 Å². The van der Waals surface area contributed by atoms with Crippen molar-refractivity contribution in [1.82, 2.24) is 15.1 Å². The lowest BCUT2D eigenvalue weighted by atomic mass is 9.76. The second-order valence-corrected chi connectivity index (χ2v) is 7.86. The first-order valence-electron chi connectivity index (χ1n) is 9.68. The third kappa shape index (κ3) is 4.99. The Morgan fingerprint density at radius 1 is 1.21 bits per heavy atom. The van der Waals surface area contributed by atoms with Crippen LogP contribution in [0, 0.1) is 17.8 Å². The van der Waals surface area contributed by atoms with E-state index < -0.39 is 23.7 Å². The van der Waals surface area contributed by atoms with Crippen molar-refractivity contribution in [3.05, 3.63) is 23.0 Å². The number of nitrogens with zero attached hydrogens (tertiary/aromatic N) is 2. The van der Waals surface area contributed by atoms with Crippen molar-refractivity contribution in [1.29, 1.82) is 0 Å². The van der Waals surface area contributed by atoms with Gasteiger partial charge in [0.15, 0.2) is 5.69 Å². The number of allylic oxidation sites excluding steroid dienone is 2. The van der Waals surface area contributed by atoms with E-state index in [-0.39, 0.29) is 17.5 Å². The molecule has 2 unspecified atom stereocenters. The molecular weight excluding hydrogens is 360 g/mol. The fourth-order valence-electron chi connectivity index (χ4n) is 3.28. The monoisotopic (exact) mass is 390 g/mol. The number of amides is 2. The second-order valence-electron chi connectivity index (χ2n) is 7.86. The van der Waals surface area contributed by atoms with E-state index in [2.05, 4.69) is 15.7 Å². The summed E-state index contributed by atoms with van der Waals surface area (Å²) in [6.45, 7) is 10.7. The van der Waals surface area contributed by atoms with Gasteiger partial charge >= 0.3 is 5.97 Å². The quantitative estimate of drug-likeness (QED) is 0.620. The van der Waals surface area contributed by atoms with Crippen LogP contribution in [0.4, 0.5) is 5.69 Å². The van der Waals surface area contributed by atoms with Gasteiger partial charge in [0.05, 0.1) is 17.5 Å². The van der Waals surface area contributed by atoms with Crippen LogP contribution in [0.5, 0.6) is 0 Å². The van der Waals surface area contributed by atoms with Crippen LogP contribution in [0.3, 0.4) is 0 Å². The van der Waals surface area contributed by atoms with E-state index >= 15 is 0 Å². The molecule has 0 spiro atoms. The molecule has 0 saturated heterocycles. The molecule has 0 radical (unpaired) electrons. The van der Waals surface area contributed by atoms with Gasteiger partial charge in [0, 0.05) is 19.3 Å². The number of anilines is 1. The summed E-state index contributed by atoms with van der Waals surface area (Å²) in [5.74, 6) is -2.91. The highest BCUT2D eigenvalue weighted by Gasteiger charge is 2.37. The van der Waals surface area contributed by atoms with Gasteiger partial charge in [-0.3, -0.25) is 19.1 Å². The average molecular weight is 390 g/mol. The standard InChI is InChI=1S/C20H30N4O4/c1-6-24-10-16(17(23-24)19(26)21-9-11(2)3)22-18(25)14-7-12(4)13(5)8-15(14)20(27)28/h10-11,14-15H,6-9H2,1-5H3,(H,21,26)(H,22,25)(H,27,28). The number of aliphatic carboxylic acids is 1. The Bertz CT molecular complexity index is 794. The van der Waals surface area contributed by atoms with Crippen molar-refractivity contribution >= 4 is 23.5 Å². The molecular formula is C20H30N4O4. The molecule has 1 aromatic heterocycles. The molecule has 154 valence electrons. The van der Waals surface area contributed by atoms with Gasteiger partial charge in [-0.05, 0) is 39.5 Å². The number of carboxylic acid groups (broad SMARTS) is 1. The van der Waals surface area contributed by atoms with E-state index in [0.717, 1.165) is 11.1 Å². The molecule has 1 heterocycles. The predicted molar refractivity (Wildman–Crippen MR) is 106 cm³/mol. The van der Waals surface area contributed by atoms with Gasteiger partial charge in [-0.25, -0.2) is 0 Å². The fourth-order valence-corrected chi connectivity index (χ4v) is 3.28. The zero-order chi connectivity index (χ0) is 21.0. The molecule has 1 aliphatic carbocycles. The van der Waals surface area contributed by atoms with Gasteiger partial charge in [0.1, 0.15) is 0 Å². The van der Waals surface area contributed by atoms with Crippen LogP contribution in [-0.2, 0) is 16.1 Å². The number of carbonyl (C=O) groups is 3. The Labute approximate surface area is 165 Å². The van der Waals surface area contributed by atoms with E-state index in [1.807, 2.05) is 34.6 Å². The zero-order valence-electron chi connectivity index (χ0n) is 17.2. The largest absolute Gasteiger partial charge is 0.481 e. The van der Waals surface area contributed by atoms with E-state index in [0.29, 0.717) is 31.6 Å². The molecule has 0 fully saturated rings. The minimum absolute atomic E-state index is 0.141. The van der Waals surface area contributed by atoms with Crippen LogP contribution in [0.25, 0.3) is 0 Å². The normalized spacial score (nSPS) is 19.6. The number of hydrogen-bond donors (Lipinski definition) is 3. The summed E-state index contributed by atoms with van der Waals surface area (Å²) in [4.78, 5) is 37.1. The molecule has 28 heavy (non-hydrogen) atoms. The summed E-state index contributed by atoms with van der Waals surface area (Å²) in [6, 6.07) is 0. The first-order chi connectivity index (χ1) is 13.1. The molecule has 8 heteroatoms. The molecule has 8 nitrogen and oxygen atoms in total. The zero-order valence-corrected chi connectivity index (χ0v) is 17.2. The number of carboxylic acids is 1. The Morgan fingerprint density at radius 3 is 2.36 bits per heavy atom. The first-order valence-corrected chi connectivity index (χ1v) is 9.68. The Morgan fingerprint density at radius 2 is 1.82 bits per heavy atom. The highest BCUT2D eigenvalue weighted by atomic mass is 16.4. The molecule has 0 aromatic carbocycles. The molecule has 3 N–H and O–H groups in total. The molecule has 2 amide bonds. The van der Waals surface area contributed by atoms with Crippen molar-refractivity contribution in [2.24, 2.45) is 17.8 Å². The lowest BCUT2D eigenvalue weighted by Crippen LogP contribution is -2.37. The van der Waals surface area contributed by atoms with Crippen LogP contribution in [0.1, 0.15) is 57.9 Å². The van der Waals surface area contributed by atoms with Crippen LogP contribution >= 0.6 is 0 Å². The lowest BCUT2D eigenvalue weighted by Gasteiger charge is -2.29. The van der Waals surface area contributed by atoms with Crippen LogP contribution in [0.15, 0.2) is 17.3 Å². The number of aryl methyl sites for hydroxylation is 1. The topological polar surface area (TPSA) is 113 Å². The van der Waals surface area contributed by atoms with Crippen molar-refractivity contribution in [2.75, 3.05) is 11.9 Å². The van der Waals surface area contributed by atoms with Crippen molar-refractivity contribution in [3.8, 4) is 0 Å². The third-order valence-corrected chi connectivity index (χ3v) is 5.15. The van der Waals surface area contributed by atoms with Crippen molar-refractivity contribution in [2.45, 2.75) is 54.0 Å². The molecule has 1 aliphatic rings. The molecule has 0 saturated carbocycles. The predicted octanol–water partition coefficient (Wildman–Crippen LogP) is 2.67. The summed E-state index contributed by atoms with van der Waals surface area (Å²) in [7, 11) is 0. The lowest BCUT2D eigenvalue weighted by molar-refractivity contribution is -0.146. The molecule has 2 atom stereocenters. The molecule has 2 rings (SSSR count). The van der Waals surface area contributed by atoms with E-state index in [1.165, 1.54) is 0 Å². The van der Waals surface area contributed by atoms with Gasteiger partial charge in [0.25, 0.3) is 5.91 Å². The number of rotatable bonds is 7. The highest BCUT2D eigenvalue weighted by Crippen LogP contribution is 2.35. The smallest absolute Gasteiger partial charge is 0.307 e. The van der Waals surface area contributed by atoms with Gasteiger partial charge in [-0.1, -0.05) is 25.0 Å². The average Bonchev–Trinajstić information content (AvgIpc) is 3.04. The van der Waals surface area contributed by atoms with Crippen LogP contribution in [0.2, 0.25) is 0 Å². The highest BCUT2D eigenvalue weighted by molar-refractivity contribution is 6.03. The molecule has 0 bridgehead atoms. The summed E-state index contributed by atoms with van der Waals surface area (Å²) >= 11 is 0. The first kappa shape index (κ1) is 21.7. The van der Waals surface area contributed by atoms with E-state index in [9.17, 15) is 19.5 Å². The van der Waals surface area contributed by atoms with Gasteiger partial charge < -0.3 is 15.7 Å². The SMILES string of the molecule is CCn1cc(NC(=O)C2CC(C)=C(C)CC2C(=O)O)c(C(=O)NCC(C)C)n1. The number of nitrogens with one attached hydrogen (secondary N) is 2. The Kier molecular flexibility index (Phi) is 6.99. The Balaban J connectivity index is 2.24. The van der Waals surface area contributed by atoms with Crippen molar-refractivity contribution in [3.63, 3.8) is 0 Å². The Hall–Kier alpha value is -2.64. The third-order valence-electron chi connectivity index (χ3n) is 5.15. The second kappa shape index (κ2) is 9.03. The fraction of sp³-hybridized carbons (Fsp3) is 0.600. The number of hydrogen-bond acceptors (Lipinski definition) is 4. The van der Waals surface area contributed by atoms with Crippen LogP contribution in [-0.4, -0.2) is 39.2 Å². The summed E-state index contributed by atoms with van der Waals surface area (Å²) < 4.78 is 1.57. The van der Waals surface area contributed by atoms with Gasteiger partial charge in [0.2, 0.25) is 5.91 Å². The summed E-state index contributed by atoms with van der Waals surface area (Å²) in [5, 5.41) is 19.4. The maximum atomic E-state index is 12.9. The minimum atomic E-state index is -0.980. The van der Waals surface area contributed by atoms with E-state index in [4.69, 9.17) is 0 Å². The minimum Gasteiger partial charge on any atom is -0.481 e. The van der Waals surface area contributed by atoms with Crippen LogP contribution < -0.4 is 10.6 Å². The molecule has 1 aromatic rings. The summed E-state index contributed by atoms with van der Waals surface area (Å²) in [5.41, 5.74) is 2.50. The molecule has 0 aliphatic heterocycles. The maximum Gasteiger partial charge on any atom is 0.307 e. The van der Waals surface area contributed by atoms with Crippen molar-refractivity contribution < 1.29 is 19.5 Å². The van der Waals surface area contributed by atoms with Gasteiger partial charge in [-0.15, -0.1) is 0 Å². The summed E-state index contributed by atoms with van der Waals surface area (Å²) in [6.07, 6.45) is 2.36. The number of aromatic nitrogens is 2. The van der Waals surface area contributed by atoms with Gasteiger partial charge in [-0.2, -0.15) is 5.10 Å².